The molecule has 3 rings (SSSR count). The fourth-order valence-electron chi connectivity index (χ4n) is 3.36. The second-order valence-electron chi connectivity index (χ2n) is 6.49. The monoisotopic (exact) mass is 375 g/mol. The molecule has 1 aromatic carbocycles. The average molecular weight is 376 g/mol. The molecule has 0 saturated carbocycles. The Kier molecular flexibility index (Phi) is 5.32. The summed E-state index contributed by atoms with van der Waals surface area (Å²) in [6.07, 6.45) is 0.315. The zero-order valence-electron chi connectivity index (χ0n) is 15.2. The summed E-state index contributed by atoms with van der Waals surface area (Å²) in [5, 5.41) is 5.02. The predicted octanol–water partition coefficient (Wildman–Crippen LogP) is 3.17. The molecule has 0 unspecified atom stereocenters. The highest BCUT2D eigenvalue weighted by Gasteiger charge is 2.21. The molecule has 0 fully saturated rings. The normalized spacial score (nSPS) is 13.8. The molecule has 2 aromatic rings. The van der Waals surface area contributed by atoms with E-state index in [0.29, 0.717) is 48.9 Å². The quantitative estimate of drug-likeness (QED) is 0.770. The number of fused-ring (bicyclic) bond motifs is 1. The van der Waals surface area contributed by atoms with Gasteiger partial charge in [0.2, 0.25) is 5.91 Å². The summed E-state index contributed by atoms with van der Waals surface area (Å²) in [6.45, 7) is 7.11. The van der Waals surface area contributed by atoms with Gasteiger partial charge in [0.25, 0.3) is 0 Å². The van der Waals surface area contributed by atoms with Crippen LogP contribution in [0.4, 0.5) is 0 Å². The molecular formula is C19H22ClN3O3. The highest BCUT2D eigenvalue weighted by molar-refractivity contribution is 6.30. The first-order chi connectivity index (χ1) is 12.4. The molecule has 0 spiro atoms. The van der Waals surface area contributed by atoms with Gasteiger partial charge in [-0.25, -0.2) is 0 Å². The Morgan fingerprint density at radius 2 is 2.08 bits per heavy atom. The van der Waals surface area contributed by atoms with Crippen LogP contribution in [0.25, 0.3) is 0 Å². The van der Waals surface area contributed by atoms with Crippen molar-refractivity contribution in [2.45, 2.75) is 40.3 Å². The number of ether oxygens (including phenoxy) is 1. The summed E-state index contributed by atoms with van der Waals surface area (Å²) in [4.78, 5) is 26.2. The average Bonchev–Trinajstić information content (AvgIpc) is 2.75. The fourth-order valence-corrected chi connectivity index (χ4v) is 3.55. The van der Waals surface area contributed by atoms with Gasteiger partial charge in [0, 0.05) is 35.8 Å². The maximum atomic E-state index is 12.7. The molecule has 1 aliphatic heterocycles. The molecule has 0 aliphatic carbocycles. The number of rotatable bonds is 4. The third-order valence-electron chi connectivity index (χ3n) is 4.63. The van der Waals surface area contributed by atoms with Crippen LogP contribution in [-0.4, -0.2) is 39.5 Å². The lowest BCUT2D eigenvalue weighted by molar-refractivity contribution is -0.132. The van der Waals surface area contributed by atoms with E-state index in [-0.39, 0.29) is 11.7 Å². The van der Waals surface area contributed by atoms with E-state index in [2.05, 4.69) is 5.10 Å². The van der Waals surface area contributed by atoms with Crippen LogP contribution in [0.15, 0.2) is 18.2 Å². The number of aryl methyl sites for hydroxylation is 2. The topological polar surface area (TPSA) is 64.4 Å². The van der Waals surface area contributed by atoms with Crippen molar-refractivity contribution in [2.24, 2.45) is 0 Å². The first-order valence-electron chi connectivity index (χ1n) is 8.60. The van der Waals surface area contributed by atoms with Crippen molar-refractivity contribution in [3.05, 3.63) is 45.7 Å². The minimum atomic E-state index is -0.00395. The Balaban J connectivity index is 1.69. The van der Waals surface area contributed by atoms with E-state index in [9.17, 15) is 9.59 Å². The number of hydrogen-bond acceptors (Lipinski definition) is 4. The summed E-state index contributed by atoms with van der Waals surface area (Å²) < 4.78 is 7.44. The highest BCUT2D eigenvalue weighted by Crippen LogP contribution is 2.26. The van der Waals surface area contributed by atoms with Gasteiger partial charge in [-0.3, -0.25) is 14.3 Å². The Hall–Kier alpha value is -2.34. The number of aromatic nitrogens is 2. The summed E-state index contributed by atoms with van der Waals surface area (Å²) in [5.41, 5.74) is 3.06. The number of ketones is 1. The zero-order chi connectivity index (χ0) is 18.8. The number of nitrogens with zero attached hydrogens (tertiary/aromatic N) is 3. The van der Waals surface area contributed by atoms with Crippen LogP contribution in [-0.2, 0) is 17.9 Å². The summed E-state index contributed by atoms with van der Waals surface area (Å²) >= 11 is 6.06. The summed E-state index contributed by atoms with van der Waals surface area (Å²) in [6, 6.07) is 5.46. The van der Waals surface area contributed by atoms with Gasteiger partial charge in [-0.05, 0) is 39.0 Å². The molecule has 0 saturated heterocycles. The lowest BCUT2D eigenvalue weighted by Crippen LogP contribution is -2.33. The minimum Gasteiger partial charge on any atom is -0.491 e. The van der Waals surface area contributed by atoms with Crippen molar-refractivity contribution in [1.82, 2.24) is 14.7 Å². The van der Waals surface area contributed by atoms with Gasteiger partial charge in [-0.2, -0.15) is 5.10 Å². The molecule has 1 aliphatic rings. The molecule has 2 heterocycles. The smallest absolute Gasteiger partial charge is 0.224 e. The second-order valence-corrected chi connectivity index (χ2v) is 6.93. The Morgan fingerprint density at radius 3 is 2.77 bits per heavy atom. The second kappa shape index (κ2) is 7.50. The van der Waals surface area contributed by atoms with Crippen LogP contribution in [0.2, 0.25) is 5.02 Å². The molecule has 1 amide bonds. The van der Waals surface area contributed by atoms with Crippen LogP contribution >= 0.6 is 11.6 Å². The first-order valence-corrected chi connectivity index (χ1v) is 8.98. The Labute approximate surface area is 157 Å². The molecule has 0 radical (unpaired) electrons. The maximum Gasteiger partial charge on any atom is 0.224 e. The van der Waals surface area contributed by atoms with Crippen LogP contribution in [0.5, 0.6) is 5.75 Å². The van der Waals surface area contributed by atoms with Crippen molar-refractivity contribution in [1.29, 1.82) is 0 Å². The standard InChI is InChI=1S/C19H22ClN3O3/c1-12-19(14(3)24)13(2)23(21-12)7-6-18(25)22-8-9-26-17-5-4-16(20)10-15(17)11-22/h4-5,10H,6-9,11H2,1-3H3. The van der Waals surface area contributed by atoms with E-state index in [1.54, 1.807) is 15.6 Å². The largest absolute Gasteiger partial charge is 0.491 e. The van der Waals surface area contributed by atoms with E-state index in [1.807, 2.05) is 26.0 Å². The van der Waals surface area contributed by atoms with Gasteiger partial charge in [-0.15, -0.1) is 0 Å². The number of Topliss-reactive ketones (excluding diaryl/α,β-unsaturated/α-hetero) is 1. The van der Waals surface area contributed by atoms with Crippen LogP contribution in [0.1, 0.15) is 40.7 Å². The lowest BCUT2D eigenvalue weighted by Gasteiger charge is -2.20. The van der Waals surface area contributed by atoms with E-state index < -0.39 is 0 Å². The van der Waals surface area contributed by atoms with E-state index in [4.69, 9.17) is 16.3 Å². The molecule has 0 N–H and O–H groups in total. The minimum absolute atomic E-state index is 0.00395. The molecule has 138 valence electrons. The van der Waals surface area contributed by atoms with Gasteiger partial charge < -0.3 is 9.64 Å². The van der Waals surface area contributed by atoms with Crippen molar-refractivity contribution in [3.8, 4) is 5.75 Å². The number of amides is 1. The fraction of sp³-hybridized carbons (Fsp3) is 0.421. The lowest BCUT2D eigenvalue weighted by atomic mass is 10.1. The zero-order valence-corrected chi connectivity index (χ0v) is 16.0. The van der Waals surface area contributed by atoms with E-state index >= 15 is 0 Å². The summed E-state index contributed by atoms with van der Waals surface area (Å²) in [5.74, 6) is 0.795. The van der Waals surface area contributed by atoms with E-state index in [0.717, 1.165) is 17.0 Å². The summed E-state index contributed by atoms with van der Waals surface area (Å²) in [7, 11) is 0. The van der Waals surface area contributed by atoms with Gasteiger partial charge in [0.15, 0.2) is 5.78 Å². The van der Waals surface area contributed by atoms with Crippen molar-refractivity contribution in [2.75, 3.05) is 13.2 Å². The van der Waals surface area contributed by atoms with Crippen LogP contribution < -0.4 is 4.74 Å². The van der Waals surface area contributed by atoms with Gasteiger partial charge in [-0.1, -0.05) is 11.6 Å². The maximum absolute atomic E-state index is 12.7. The molecule has 0 atom stereocenters. The van der Waals surface area contributed by atoms with E-state index in [1.165, 1.54) is 6.92 Å². The number of hydrogen-bond donors (Lipinski definition) is 0. The van der Waals surface area contributed by atoms with Crippen LogP contribution in [0, 0.1) is 13.8 Å². The SMILES string of the molecule is CC(=O)c1c(C)nn(CCC(=O)N2CCOc3ccc(Cl)cc3C2)c1C. The van der Waals surface area contributed by atoms with Gasteiger partial charge in [0.05, 0.1) is 17.8 Å². The molecule has 6 nitrogen and oxygen atoms in total. The Bertz CT molecular complexity index is 860. The third kappa shape index (κ3) is 3.75. The third-order valence-corrected chi connectivity index (χ3v) is 4.86. The molecule has 7 heteroatoms. The highest BCUT2D eigenvalue weighted by atomic mass is 35.5. The van der Waals surface area contributed by atoms with Gasteiger partial charge in [0.1, 0.15) is 12.4 Å². The first kappa shape index (κ1) is 18.5. The number of benzene rings is 1. The van der Waals surface area contributed by atoms with Crippen molar-refractivity contribution >= 4 is 23.3 Å². The molecule has 26 heavy (non-hydrogen) atoms. The Morgan fingerprint density at radius 1 is 1.31 bits per heavy atom. The molecular weight excluding hydrogens is 354 g/mol. The van der Waals surface area contributed by atoms with Crippen molar-refractivity contribution in [3.63, 3.8) is 0 Å². The number of halogens is 1. The van der Waals surface area contributed by atoms with Crippen molar-refractivity contribution < 1.29 is 14.3 Å². The number of carbonyl (C=O) groups is 2. The van der Waals surface area contributed by atoms with Gasteiger partial charge >= 0.3 is 0 Å². The molecule has 0 bridgehead atoms. The molecule has 1 aromatic heterocycles. The van der Waals surface area contributed by atoms with Crippen LogP contribution in [0.3, 0.4) is 0 Å². The predicted molar refractivity (Wildman–Crippen MR) is 98.7 cm³/mol. The number of carbonyl (C=O) groups excluding carboxylic acids is 2.